The Morgan fingerprint density at radius 2 is 1.96 bits per heavy atom. The van der Waals surface area contributed by atoms with Gasteiger partial charge in [-0.3, -0.25) is 4.79 Å². The third kappa shape index (κ3) is 4.51. The van der Waals surface area contributed by atoms with Crippen molar-refractivity contribution in [3.8, 4) is 6.07 Å². The molecule has 0 saturated carbocycles. The number of anilines is 2. The Balaban J connectivity index is 2.19. The SMILES string of the molecule is CCN(CC)c1ccc(C=C(C#N)C(=O)Nc2ccc(C)cc2C)o1. The van der Waals surface area contributed by atoms with Crippen LogP contribution in [0.3, 0.4) is 0 Å². The van der Waals surface area contributed by atoms with E-state index in [0.29, 0.717) is 11.4 Å². The molecule has 0 saturated heterocycles. The van der Waals surface area contributed by atoms with E-state index in [0.717, 1.165) is 30.1 Å². The van der Waals surface area contributed by atoms with Crippen LogP contribution in [0.25, 0.3) is 6.08 Å². The van der Waals surface area contributed by atoms with Crippen molar-refractivity contribution in [1.82, 2.24) is 0 Å². The molecule has 1 amide bonds. The molecule has 5 heteroatoms. The first kappa shape index (κ1) is 18.3. The van der Waals surface area contributed by atoms with E-state index in [2.05, 4.69) is 10.2 Å². The highest BCUT2D eigenvalue weighted by atomic mass is 16.4. The van der Waals surface area contributed by atoms with Crippen LogP contribution >= 0.6 is 0 Å². The van der Waals surface area contributed by atoms with Gasteiger partial charge in [-0.1, -0.05) is 17.7 Å². The van der Waals surface area contributed by atoms with E-state index in [1.807, 2.05) is 58.0 Å². The molecule has 2 aromatic rings. The van der Waals surface area contributed by atoms with E-state index in [4.69, 9.17) is 4.42 Å². The maximum atomic E-state index is 12.4. The maximum absolute atomic E-state index is 12.4. The highest BCUT2D eigenvalue weighted by Crippen LogP contribution is 2.21. The average molecular weight is 337 g/mol. The van der Waals surface area contributed by atoms with Crippen molar-refractivity contribution in [2.75, 3.05) is 23.3 Å². The highest BCUT2D eigenvalue weighted by molar-refractivity contribution is 6.09. The number of amides is 1. The lowest BCUT2D eigenvalue weighted by Gasteiger charge is -2.16. The van der Waals surface area contributed by atoms with Gasteiger partial charge < -0.3 is 14.6 Å². The van der Waals surface area contributed by atoms with Crippen LogP contribution in [0.15, 0.2) is 40.3 Å². The van der Waals surface area contributed by atoms with E-state index >= 15 is 0 Å². The summed E-state index contributed by atoms with van der Waals surface area (Å²) in [6, 6.07) is 11.3. The quantitative estimate of drug-likeness (QED) is 0.630. The lowest BCUT2D eigenvalue weighted by Crippen LogP contribution is -2.20. The number of hydrogen-bond donors (Lipinski definition) is 1. The van der Waals surface area contributed by atoms with Gasteiger partial charge in [-0.25, -0.2) is 0 Å². The molecule has 0 aliphatic heterocycles. The molecule has 1 aromatic heterocycles. The highest BCUT2D eigenvalue weighted by Gasteiger charge is 2.13. The number of carbonyl (C=O) groups is 1. The lowest BCUT2D eigenvalue weighted by molar-refractivity contribution is -0.112. The summed E-state index contributed by atoms with van der Waals surface area (Å²) in [5.74, 6) is 0.757. The first-order chi connectivity index (χ1) is 12.0. The Hall–Kier alpha value is -3.00. The van der Waals surface area contributed by atoms with E-state index in [-0.39, 0.29) is 5.57 Å². The molecule has 0 aliphatic carbocycles. The van der Waals surface area contributed by atoms with Crippen LogP contribution in [-0.2, 0) is 4.79 Å². The molecule has 5 nitrogen and oxygen atoms in total. The third-order valence-corrected chi connectivity index (χ3v) is 3.97. The summed E-state index contributed by atoms with van der Waals surface area (Å²) in [6.45, 7) is 9.64. The zero-order chi connectivity index (χ0) is 18.4. The first-order valence-corrected chi connectivity index (χ1v) is 8.33. The van der Waals surface area contributed by atoms with Gasteiger partial charge in [0.05, 0.1) is 0 Å². The first-order valence-electron chi connectivity index (χ1n) is 8.33. The molecule has 2 rings (SSSR count). The molecule has 1 N–H and O–H groups in total. The standard InChI is InChI=1S/C20H23N3O2/c1-5-23(6-2)19-10-8-17(25-19)12-16(13-21)20(24)22-18-9-7-14(3)11-15(18)4/h7-12H,5-6H2,1-4H3,(H,22,24). The van der Waals surface area contributed by atoms with Crippen molar-refractivity contribution in [2.45, 2.75) is 27.7 Å². The van der Waals surface area contributed by atoms with Gasteiger partial charge >= 0.3 is 0 Å². The molecule has 0 radical (unpaired) electrons. The minimum absolute atomic E-state index is 0.000391. The van der Waals surface area contributed by atoms with Crippen LogP contribution < -0.4 is 10.2 Å². The monoisotopic (exact) mass is 337 g/mol. The van der Waals surface area contributed by atoms with Gasteiger partial charge in [-0.05, 0) is 45.4 Å². The van der Waals surface area contributed by atoms with Crippen LogP contribution in [-0.4, -0.2) is 19.0 Å². The molecular weight excluding hydrogens is 314 g/mol. The van der Waals surface area contributed by atoms with Gasteiger partial charge in [0.2, 0.25) is 0 Å². The zero-order valence-electron chi connectivity index (χ0n) is 15.1. The van der Waals surface area contributed by atoms with Crippen molar-refractivity contribution < 1.29 is 9.21 Å². The molecule has 0 spiro atoms. The predicted octanol–water partition coefficient (Wildman–Crippen LogP) is 4.29. The van der Waals surface area contributed by atoms with E-state index < -0.39 is 5.91 Å². The molecule has 0 aliphatic rings. The van der Waals surface area contributed by atoms with Crippen molar-refractivity contribution in [3.63, 3.8) is 0 Å². The minimum Gasteiger partial charge on any atom is -0.441 e. The maximum Gasteiger partial charge on any atom is 0.266 e. The number of hydrogen-bond acceptors (Lipinski definition) is 4. The van der Waals surface area contributed by atoms with Crippen LogP contribution in [0.1, 0.15) is 30.7 Å². The van der Waals surface area contributed by atoms with Crippen molar-refractivity contribution in [2.24, 2.45) is 0 Å². The van der Waals surface area contributed by atoms with E-state index in [1.165, 1.54) is 6.08 Å². The summed E-state index contributed by atoms with van der Waals surface area (Å²) in [7, 11) is 0. The van der Waals surface area contributed by atoms with Crippen molar-refractivity contribution >= 4 is 23.6 Å². The predicted molar refractivity (Wildman–Crippen MR) is 100 cm³/mol. The van der Waals surface area contributed by atoms with Crippen LogP contribution in [0, 0.1) is 25.2 Å². The molecule has 0 fully saturated rings. The summed E-state index contributed by atoms with van der Waals surface area (Å²) >= 11 is 0. The third-order valence-electron chi connectivity index (χ3n) is 3.97. The summed E-state index contributed by atoms with van der Waals surface area (Å²) in [5, 5.41) is 12.1. The van der Waals surface area contributed by atoms with Crippen molar-refractivity contribution in [3.05, 3.63) is 52.8 Å². The Morgan fingerprint density at radius 3 is 2.56 bits per heavy atom. The van der Waals surface area contributed by atoms with Crippen LogP contribution in [0.4, 0.5) is 11.6 Å². The second-order valence-electron chi connectivity index (χ2n) is 5.79. The van der Waals surface area contributed by atoms with E-state index in [9.17, 15) is 10.1 Å². The Labute approximate surface area is 148 Å². The summed E-state index contributed by atoms with van der Waals surface area (Å²) in [4.78, 5) is 14.4. The molecule has 1 heterocycles. The number of aryl methyl sites for hydroxylation is 2. The number of benzene rings is 1. The molecule has 0 bridgehead atoms. The number of nitrogens with zero attached hydrogens (tertiary/aromatic N) is 2. The molecule has 130 valence electrons. The topological polar surface area (TPSA) is 69.3 Å². The number of rotatable bonds is 6. The van der Waals surface area contributed by atoms with Crippen molar-refractivity contribution in [1.29, 1.82) is 5.26 Å². The summed E-state index contributed by atoms with van der Waals surface area (Å²) < 4.78 is 5.72. The van der Waals surface area contributed by atoms with Gasteiger partial charge in [0.25, 0.3) is 5.91 Å². The molecule has 0 unspecified atom stereocenters. The Bertz CT molecular complexity index is 824. The summed E-state index contributed by atoms with van der Waals surface area (Å²) in [6.07, 6.45) is 1.46. The lowest BCUT2D eigenvalue weighted by atomic mass is 10.1. The normalized spacial score (nSPS) is 11.1. The molecule has 25 heavy (non-hydrogen) atoms. The second-order valence-corrected chi connectivity index (χ2v) is 5.79. The van der Waals surface area contributed by atoms with Crippen LogP contribution in [0.2, 0.25) is 0 Å². The number of carbonyl (C=O) groups excluding carboxylic acids is 1. The average Bonchev–Trinajstić information content (AvgIpc) is 3.04. The largest absolute Gasteiger partial charge is 0.441 e. The fourth-order valence-electron chi connectivity index (χ4n) is 2.56. The number of nitriles is 1. The second kappa shape index (κ2) is 8.20. The fourth-order valence-corrected chi connectivity index (χ4v) is 2.56. The van der Waals surface area contributed by atoms with Crippen LogP contribution in [0.5, 0.6) is 0 Å². The number of nitrogens with one attached hydrogen (secondary N) is 1. The molecule has 1 aromatic carbocycles. The van der Waals surface area contributed by atoms with Gasteiger partial charge in [0, 0.05) is 30.9 Å². The summed E-state index contributed by atoms with van der Waals surface area (Å²) in [5.41, 5.74) is 2.76. The Kier molecular flexibility index (Phi) is 6.02. The smallest absolute Gasteiger partial charge is 0.266 e. The van der Waals surface area contributed by atoms with Gasteiger partial charge in [0.1, 0.15) is 17.4 Å². The van der Waals surface area contributed by atoms with Gasteiger partial charge in [0.15, 0.2) is 5.88 Å². The number of furan rings is 1. The van der Waals surface area contributed by atoms with Gasteiger partial charge in [-0.15, -0.1) is 0 Å². The minimum atomic E-state index is -0.449. The van der Waals surface area contributed by atoms with Gasteiger partial charge in [-0.2, -0.15) is 5.26 Å². The molecular formula is C20H23N3O2. The zero-order valence-corrected chi connectivity index (χ0v) is 15.1. The fraction of sp³-hybridized carbons (Fsp3) is 0.300. The Morgan fingerprint density at radius 1 is 1.24 bits per heavy atom. The molecule has 0 atom stereocenters. The van der Waals surface area contributed by atoms with E-state index in [1.54, 1.807) is 6.07 Å².